The molecule has 0 aromatic heterocycles. The van der Waals surface area contributed by atoms with Gasteiger partial charge in [-0.2, -0.15) is 0 Å². The Bertz CT molecular complexity index is 506. The summed E-state index contributed by atoms with van der Waals surface area (Å²) >= 11 is 0. The number of benzene rings is 1. The Morgan fingerprint density at radius 2 is 1.48 bits per heavy atom. The summed E-state index contributed by atoms with van der Waals surface area (Å²) in [4.78, 5) is 0. The molecular formula is C26H42O. The second kappa shape index (κ2) is 11.1. The van der Waals surface area contributed by atoms with Gasteiger partial charge in [0.1, 0.15) is 5.75 Å². The Morgan fingerprint density at radius 3 is 2.11 bits per heavy atom. The number of aromatic hydroxyl groups is 1. The maximum Gasteiger partial charge on any atom is 0.115 e. The highest BCUT2D eigenvalue weighted by Gasteiger charge is 2.26. The number of hydrogen-bond donors (Lipinski definition) is 1. The van der Waals surface area contributed by atoms with Crippen molar-refractivity contribution in [2.24, 2.45) is 23.7 Å². The van der Waals surface area contributed by atoms with E-state index in [2.05, 4.69) is 19.1 Å². The summed E-state index contributed by atoms with van der Waals surface area (Å²) in [6.45, 7) is 2.32. The molecule has 1 aromatic rings. The van der Waals surface area contributed by atoms with Crippen LogP contribution in [-0.2, 0) is 6.42 Å². The number of phenols is 1. The van der Waals surface area contributed by atoms with Crippen molar-refractivity contribution in [1.82, 2.24) is 0 Å². The molecule has 2 aliphatic carbocycles. The molecule has 1 N–H and O–H groups in total. The molecule has 1 aromatic carbocycles. The highest BCUT2D eigenvalue weighted by Crippen LogP contribution is 2.39. The molecule has 0 bridgehead atoms. The van der Waals surface area contributed by atoms with Crippen molar-refractivity contribution >= 4 is 0 Å². The van der Waals surface area contributed by atoms with Crippen LogP contribution < -0.4 is 0 Å². The highest BCUT2D eigenvalue weighted by molar-refractivity contribution is 5.26. The first-order valence-corrected chi connectivity index (χ1v) is 12.0. The van der Waals surface area contributed by atoms with E-state index in [0.29, 0.717) is 5.75 Å². The molecule has 1 heteroatoms. The minimum atomic E-state index is 0.396. The Balaban J connectivity index is 1.50. The van der Waals surface area contributed by atoms with Crippen LogP contribution in [0.15, 0.2) is 24.3 Å². The van der Waals surface area contributed by atoms with Crippen LogP contribution in [0.1, 0.15) is 102 Å². The molecule has 0 radical (unpaired) electrons. The minimum Gasteiger partial charge on any atom is -0.508 e. The first kappa shape index (κ1) is 20.7. The molecule has 1 unspecified atom stereocenters. The standard InChI is InChI=1S/C26H42O/c1-2-3-7-21-10-12-22(13-11-21)14-17-25(24-8-5-4-6-9-24)20-23-15-18-26(27)19-16-23/h15-16,18-19,21-22,24-25,27H,2-14,17,20H2,1H3. The van der Waals surface area contributed by atoms with Gasteiger partial charge < -0.3 is 5.11 Å². The van der Waals surface area contributed by atoms with Gasteiger partial charge in [-0.1, -0.05) is 103 Å². The Kier molecular flexibility index (Phi) is 8.55. The third kappa shape index (κ3) is 6.84. The van der Waals surface area contributed by atoms with Gasteiger partial charge in [0.2, 0.25) is 0 Å². The van der Waals surface area contributed by atoms with Gasteiger partial charge in [-0.05, 0) is 54.2 Å². The van der Waals surface area contributed by atoms with Gasteiger partial charge in [0, 0.05) is 0 Å². The number of unbranched alkanes of at least 4 members (excludes halogenated alkanes) is 1. The molecule has 2 saturated carbocycles. The summed E-state index contributed by atoms with van der Waals surface area (Å²) in [5.41, 5.74) is 1.42. The lowest BCUT2D eigenvalue weighted by molar-refractivity contribution is 0.196. The van der Waals surface area contributed by atoms with Crippen molar-refractivity contribution < 1.29 is 5.11 Å². The van der Waals surface area contributed by atoms with E-state index in [9.17, 15) is 5.11 Å². The molecule has 0 aliphatic heterocycles. The molecule has 0 spiro atoms. The van der Waals surface area contributed by atoms with E-state index in [0.717, 1.165) is 23.7 Å². The fraction of sp³-hybridized carbons (Fsp3) is 0.769. The Labute approximate surface area is 168 Å². The maximum atomic E-state index is 9.59. The van der Waals surface area contributed by atoms with Crippen LogP contribution in [0.25, 0.3) is 0 Å². The monoisotopic (exact) mass is 370 g/mol. The molecule has 0 heterocycles. The zero-order valence-corrected chi connectivity index (χ0v) is 17.7. The normalized spacial score (nSPS) is 25.4. The maximum absolute atomic E-state index is 9.59. The summed E-state index contributed by atoms with van der Waals surface area (Å²) < 4.78 is 0. The highest BCUT2D eigenvalue weighted by atomic mass is 16.3. The molecule has 0 amide bonds. The van der Waals surface area contributed by atoms with Crippen molar-refractivity contribution in [2.75, 3.05) is 0 Å². The Hall–Kier alpha value is -0.980. The third-order valence-corrected chi connectivity index (χ3v) is 7.63. The van der Waals surface area contributed by atoms with Crippen LogP contribution in [0, 0.1) is 23.7 Å². The fourth-order valence-electron chi connectivity index (χ4n) is 5.80. The molecule has 152 valence electrons. The van der Waals surface area contributed by atoms with Crippen molar-refractivity contribution in [3.63, 3.8) is 0 Å². The molecule has 2 fully saturated rings. The molecule has 1 nitrogen and oxygen atoms in total. The summed E-state index contributed by atoms with van der Waals surface area (Å²) in [7, 11) is 0. The van der Waals surface area contributed by atoms with Crippen LogP contribution in [0.3, 0.4) is 0 Å². The largest absolute Gasteiger partial charge is 0.508 e. The van der Waals surface area contributed by atoms with Gasteiger partial charge in [-0.25, -0.2) is 0 Å². The molecule has 27 heavy (non-hydrogen) atoms. The fourth-order valence-corrected chi connectivity index (χ4v) is 5.80. The second-order valence-electron chi connectivity index (χ2n) is 9.64. The summed E-state index contributed by atoms with van der Waals surface area (Å²) in [5.74, 6) is 4.22. The predicted octanol–water partition coefficient (Wildman–Crippen LogP) is 7.91. The van der Waals surface area contributed by atoms with E-state index in [1.807, 2.05) is 12.1 Å². The van der Waals surface area contributed by atoms with E-state index < -0.39 is 0 Å². The number of rotatable bonds is 9. The summed E-state index contributed by atoms with van der Waals surface area (Å²) in [6.07, 6.45) is 21.6. The number of hydrogen-bond acceptors (Lipinski definition) is 1. The second-order valence-corrected chi connectivity index (χ2v) is 9.64. The SMILES string of the molecule is CCCCC1CCC(CCC(Cc2ccc(O)cc2)C2CCCCC2)CC1. The lowest BCUT2D eigenvalue weighted by Crippen LogP contribution is -2.22. The van der Waals surface area contributed by atoms with Gasteiger partial charge in [0.05, 0.1) is 0 Å². The van der Waals surface area contributed by atoms with Gasteiger partial charge in [-0.3, -0.25) is 0 Å². The first-order valence-electron chi connectivity index (χ1n) is 12.0. The smallest absolute Gasteiger partial charge is 0.115 e. The van der Waals surface area contributed by atoms with E-state index in [-0.39, 0.29) is 0 Å². The van der Waals surface area contributed by atoms with Gasteiger partial charge in [-0.15, -0.1) is 0 Å². The minimum absolute atomic E-state index is 0.396. The lowest BCUT2D eigenvalue weighted by Gasteiger charge is -2.33. The lowest BCUT2D eigenvalue weighted by atomic mass is 9.72. The van der Waals surface area contributed by atoms with E-state index in [4.69, 9.17) is 0 Å². The molecular weight excluding hydrogens is 328 g/mol. The first-order chi connectivity index (χ1) is 13.2. The summed E-state index contributed by atoms with van der Waals surface area (Å²) in [5, 5.41) is 9.59. The third-order valence-electron chi connectivity index (χ3n) is 7.63. The average Bonchev–Trinajstić information content (AvgIpc) is 2.72. The number of phenolic OH excluding ortho intramolecular Hbond substituents is 1. The van der Waals surface area contributed by atoms with Gasteiger partial charge >= 0.3 is 0 Å². The molecule has 3 rings (SSSR count). The van der Waals surface area contributed by atoms with Crippen LogP contribution in [0.5, 0.6) is 5.75 Å². The van der Waals surface area contributed by atoms with Crippen molar-refractivity contribution in [3.8, 4) is 5.75 Å². The van der Waals surface area contributed by atoms with Crippen LogP contribution in [-0.4, -0.2) is 5.11 Å². The topological polar surface area (TPSA) is 20.2 Å². The zero-order chi connectivity index (χ0) is 18.9. The van der Waals surface area contributed by atoms with Crippen molar-refractivity contribution in [3.05, 3.63) is 29.8 Å². The van der Waals surface area contributed by atoms with Gasteiger partial charge in [0.25, 0.3) is 0 Å². The zero-order valence-electron chi connectivity index (χ0n) is 17.7. The van der Waals surface area contributed by atoms with Gasteiger partial charge in [0.15, 0.2) is 0 Å². The van der Waals surface area contributed by atoms with Crippen molar-refractivity contribution in [2.45, 2.75) is 103 Å². The van der Waals surface area contributed by atoms with Crippen LogP contribution in [0.2, 0.25) is 0 Å². The average molecular weight is 371 g/mol. The molecule has 1 atom stereocenters. The molecule has 2 aliphatic rings. The quantitative estimate of drug-likeness (QED) is 0.468. The molecule has 0 saturated heterocycles. The van der Waals surface area contributed by atoms with E-state index in [1.54, 1.807) is 0 Å². The summed E-state index contributed by atoms with van der Waals surface area (Å²) in [6, 6.07) is 8.02. The van der Waals surface area contributed by atoms with Crippen molar-refractivity contribution in [1.29, 1.82) is 0 Å². The Morgan fingerprint density at radius 1 is 0.852 bits per heavy atom. The van der Waals surface area contributed by atoms with Crippen LogP contribution in [0.4, 0.5) is 0 Å². The van der Waals surface area contributed by atoms with E-state index in [1.165, 1.54) is 102 Å². The predicted molar refractivity (Wildman–Crippen MR) is 116 cm³/mol. The van der Waals surface area contributed by atoms with E-state index >= 15 is 0 Å². The van der Waals surface area contributed by atoms with Crippen LogP contribution >= 0.6 is 0 Å².